The number of hydrogen-bond donors (Lipinski definition) is 1. The van der Waals surface area contributed by atoms with Crippen molar-refractivity contribution in [3.8, 4) is 0 Å². The molecule has 0 saturated heterocycles. The highest BCUT2D eigenvalue weighted by Crippen LogP contribution is 2.15. The minimum atomic E-state index is -0.493. The molecule has 0 fully saturated rings. The largest absolute Gasteiger partial charge is 0.352 e. The summed E-state index contributed by atoms with van der Waals surface area (Å²) in [7, 11) is 0. The molecule has 0 aliphatic heterocycles. The second-order valence-electron chi connectivity index (χ2n) is 3.23. The standard InChI is InChI=1S/C11H13BrFNO/c1-2-3-6-14-11(15)9-7-8(12)4-5-10(9)13/h4-5,7H,2-3,6H2,1H3,(H,14,15). The van der Waals surface area contributed by atoms with Crippen molar-refractivity contribution >= 4 is 21.8 Å². The maximum Gasteiger partial charge on any atom is 0.254 e. The number of carbonyl (C=O) groups is 1. The van der Waals surface area contributed by atoms with Gasteiger partial charge in [-0.3, -0.25) is 4.79 Å². The van der Waals surface area contributed by atoms with Crippen molar-refractivity contribution < 1.29 is 9.18 Å². The van der Waals surface area contributed by atoms with Gasteiger partial charge >= 0.3 is 0 Å². The third kappa shape index (κ3) is 3.63. The SMILES string of the molecule is CCCCNC(=O)c1cc(Br)ccc1F. The van der Waals surface area contributed by atoms with Gasteiger partial charge in [-0.1, -0.05) is 29.3 Å². The number of benzene rings is 1. The van der Waals surface area contributed by atoms with Crippen molar-refractivity contribution in [2.24, 2.45) is 0 Å². The number of carbonyl (C=O) groups excluding carboxylic acids is 1. The zero-order valence-electron chi connectivity index (χ0n) is 8.52. The molecule has 1 amide bonds. The first-order valence-electron chi connectivity index (χ1n) is 4.88. The highest BCUT2D eigenvalue weighted by molar-refractivity contribution is 9.10. The van der Waals surface area contributed by atoms with Gasteiger partial charge < -0.3 is 5.32 Å². The van der Waals surface area contributed by atoms with Crippen LogP contribution in [0.2, 0.25) is 0 Å². The molecule has 0 spiro atoms. The van der Waals surface area contributed by atoms with Crippen LogP contribution in [-0.4, -0.2) is 12.5 Å². The van der Waals surface area contributed by atoms with Crippen molar-refractivity contribution in [3.05, 3.63) is 34.1 Å². The Morgan fingerprint density at radius 3 is 2.93 bits per heavy atom. The van der Waals surface area contributed by atoms with Gasteiger partial charge in [0.05, 0.1) is 5.56 Å². The van der Waals surface area contributed by atoms with Crippen LogP contribution in [0.3, 0.4) is 0 Å². The smallest absolute Gasteiger partial charge is 0.254 e. The van der Waals surface area contributed by atoms with Crippen LogP contribution in [-0.2, 0) is 0 Å². The van der Waals surface area contributed by atoms with E-state index in [1.54, 1.807) is 6.07 Å². The topological polar surface area (TPSA) is 29.1 Å². The predicted molar refractivity (Wildman–Crippen MR) is 61.3 cm³/mol. The maximum absolute atomic E-state index is 13.2. The van der Waals surface area contributed by atoms with E-state index in [0.717, 1.165) is 12.8 Å². The number of nitrogens with one attached hydrogen (secondary N) is 1. The second-order valence-corrected chi connectivity index (χ2v) is 4.15. The molecular weight excluding hydrogens is 261 g/mol. The van der Waals surface area contributed by atoms with E-state index in [1.807, 2.05) is 6.92 Å². The molecule has 15 heavy (non-hydrogen) atoms. The lowest BCUT2D eigenvalue weighted by atomic mass is 10.2. The normalized spacial score (nSPS) is 10.1. The van der Waals surface area contributed by atoms with Crippen LogP contribution in [0.25, 0.3) is 0 Å². The third-order valence-electron chi connectivity index (χ3n) is 1.99. The Balaban J connectivity index is 2.68. The van der Waals surface area contributed by atoms with E-state index >= 15 is 0 Å². The molecule has 4 heteroatoms. The zero-order chi connectivity index (χ0) is 11.3. The lowest BCUT2D eigenvalue weighted by Gasteiger charge is -2.05. The summed E-state index contributed by atoms with van der Waals surface area (Å²) in [5, 5.41) is 2.67. The van der Waals surface area contributed by atoms with E-state index in [0.29, 0.717) is 11.0 Å². The Morgan fingerprint density at radius 1 is 1.53 bits per heavy atom. The van der Waals surface area contributed by atoms with Crippen molar-refractivity contribution in [2.75, 3.05) is 6.54 Å². The summed E-state index contributed by atoms with van der Waals surface area (Å²) >= 11 is 3.20. The number of unbranched alkanes of at least 4 members (excludes halogenated alkanes) is 1. The fourth-order valence-corrected chi connectivity index (χ4v) is 1.51. The molecule has 0 aliphatic rings. The summed E-state index contributed by atoms with van der Waals surface area (Å²) in [5.41, 5.74) is 0.0838. The Bertz CT molecular complexity index is 354. The monoisotopic (exact) mass is 273 g/mol. The molecule has 0 bridgehead atoms. The fraction of sp³-hybridized carbons (Fsp3) is 0.364. The van der Waals surface area contributed by atoms with Crippen LogP contribution in [0.4, 0.5) is 4.39 Å². The van der Waals surface area contributed by atoms with E-state index in [4.69, 9.17) is 0 Å². The summed E-state index contributed by atoms with van der Waals surface area (Å²) in [6.45, 7) is 2.62. The number of rotatable bonds is 4. The summed E-state index contributed by atoms with van der Waals surface area (Å²) < 4.78 is 13.9. The van der Waals surface area contributed by atoms with Gasteiger partial charge in [0.2, 0.25) is 0 Å². The molecule has 0 unspecified atom stereocenters. The van der Waals surface area contributed by atoms with Crippen LogP contribution in [0.5, 0.6) is 0 Å². The van der Waals surface area contributed by atoms with E-state index in [1.165, 1.54) is 12.1 Å². The van der Waals surface area contributed by atoms with Crippen molar-refractivity contribution in [1.29, 1.82) is 0 Å². The second kappa shape index (κ2) is 5.85. The lowest BCUT2D eigenvalue weighted by molar-refractivity contribution is 0.0949. The summed E-state index contributed by atoms with van der Waals surface area (Å²) in [6, 6.07) is 4.33. The Kier molecular flexibility index (Phi) is 4.75. The van der Waals surface area contributed by atoms with E-state index < -0.39 is 5.82 Å². The first kappa shape index (κ1) is 12.2. The Morgan fingerprint density at radius 2 is 2.27 bits per heavy atom. The number of hydrogen-bond acceptors (Lipinski definition) is 1. The van der Waals surface area contributed by atoms with Gasteiger partial charge in [0, 0.05) is 11.0 Å². The van der Waals surface area contributed by atoms with Crippen molar-refractivity contribution in [1.82, 2.24) is 5.32 Å². The van der Waals surface area contributed by atoms with Crippen LogP contribution in [0, 0.1) is 5.82 Å². The molecule has 0 atom stereocenters. The lowest BCUT2D eigenvalue weighted by Crippen LogP contribution is -2.25. The zero-order valence-corrected chi connectivity index (χ0v) is 10.1. The predicted octanol–water partition coefficient (Wildman–Crippen LogP) is 3.12. The Labute approximate surface area is 97.0 Å². The average molecular weight is 274 g/mol. The third-order valence-corrected chi connectivity index (χ3v) is 2.48. The van der Waals surface area contributed by atoms with Gasteiger partial charge in [-0.15, -0.1) is 0 Å². The first-order valence-corrected chi connectivity index (χ1v) is 5.67. The highest BCUT2D eigenvalue weighted by Gasteiger charge is 2.10. The van der Waals surface area contributed by atoms with Gasteiger partial charge in [0.1, 0.15) is 5.82 Å². The highest BCUT2D eigenvalue weighted by atomic mass is 79.9. The fourth-order valence-electron chi connectivity index (χ4n) is 1.15. The molecule has 1 rings (SSSR count). The van der Waals surface area contributed by atoms with Gasteiger partial charge in [-0.2, -0.15) is 0 Å². The molecule has 82 valence electrons. The molecule has 0 saturated carbocycles. The number of halogens is 2. The average Bonchev–Trinajstić information content (AvgIpc) is 2.22. The minimum Gasteiger partial charge on any atom is -0.352 e. The van der Waals surface area contributed by atoms with Crippen molar-refractivity contribution in [2.45, 2.75) is 19.8 Å². The molecular formula is C11H13BrFNO. The van der Waals surface area contributed by atoms with Gasteiger partial charge in [0.25, 0.3) is 5.91 Å². The van der Waals surface area contributed by atoms with Gasteiger partial charge in [0.15, 0.2) is 0 Å². The molecule has 0 radical (unpaired) electrons. The molecule has 2 nitrogen and oxygen atoms in total. The van der Waals surface area contributed by atoms with E-state index in [9.17, 15) is 9.18 Å². The summed E-state index contributed by atoms with van der Waals surface area (Å²) in [5.74, 6) is -0.852. The first-order chi connectivity index (χ1) is 7.15. The van der Waals surface area contributed by atoms with Crippen molar-refractivity contribution in [3.63, 3.8) is 0 Å². The van der Waals surface area contributed by atoms with Crippen LogP contribution in [0.15, 0.2) is 22.7 Å². The van der Waals surface area contributed by atoms with E-state index in [2.05, 4.69) is 21.2 Å². The molecule has 0 heterocycles. The van der Waals surface area contributed by atoms with Crippen LogP contribution < -0.4 is 5.32 Å². The quantitative estimate of drug-likeness (QED) is 0.840. The van der Waals surface area contributed by atoms with Crippen LogP contribution in [0.1, 0.15) is 30.1 Å². The van der Waals surface area contributed by atoms with Gasteiger partial charge in [-0.25, -0.2) is 4.39 Å². The number of amides is 1. The molecule has 0 aromatic heterocycles. The van der Waals surface area contributed by atoms with E-state index in [-0.39, 0.29) is 11.5 Å². The molecule has 1 aromatic carbocycles. The maximum atomic E-state index is 13.2. The summed E-state index contributed by atoms with van der Waals surface area (Å²) in [6.07, 6.45) is 1.91. The molecule has 0 aliphatic carbocycles. The Hall–Kier alpha value is -0.900. The summed E-state index contributed by atoms with van der Waals surface area (Å²) in [4.78, 5) is 11.5. The minimum absolute atomic E-state index is 0.0838. The van der Waals surface area contributed by atoms with Crippen LogP contribution >= 0.6 is 15.9 Å². The molecule has 1 N–H and O–H groups in total. The molecule has 1 aromatic rings. The van der Waals surface area contributed by atoms with Gasteiger partial charge in [-0.05, 0) is 24.6 Å².